The molecule has 0 bridgehead atoms. The second kappa shape index (κ2) is 4.13. The van der Waals surface area contributed by atoms with Gasteiger partial charge >= 0.3 is 0 Å². The maximum atomic E-state index is 5.16. The summed E-state index contributed by atoms with van der Waals surface area (Å²) in [5.41, 5.74) is 3.50. The fourth-order valence-electron chi connectivity index (χ4n) is 2.19. The number of rotatable bonds is 2. The molecule has 0 saturated heterocycles. The van der Waals surface area contributed by atoms with E-state index in [0.717, 1.165) is 36.5 Å². The van der Waals surface area contributed by atoms with Crippen LogP contribution in [-0.4, -0.2) is 23.4 Å². The molecule has 0 radical (unpaired) electrons. The van der Waals surface area contributed by atoms with Gasteiger partial charge in [-0.3, -0.25) is 0 Å². The summed E-state index contributed by atoms with van der Waals surface area (Å²) in [4.78, 5) is 0. The number of fused-ring (bicyclic) bond motifs is 1. The summed E-state index contributed by atoms with van der Waals surface area (Å²) < 4.78 is 7.16. The smallest absolute Gasteiger partial charge is 0.119 e. The Bertz CT molecular complexity index is 516. The molecule has 1 aromatic heterocycles. The molecule has 4 heteroatoms. The number of aromatic nitrogens is 2. The number of hydrogen-bond donors (Lipinski definition) is 1. The second-order valence-corrected chi connectivity index (χ2v) is 4.15. The van der Waals surface area contributed by atoms with Gasteiger partial charge in [-0.1, -0.05) is 0 Å². The highest BCUT2D eigenvalue weighted by Crippen LogP contribution is 2.24. The first-order valence-corrected chi connectivity index (χ1v) is 5.83. The van der Waals surface area contributed by atoms with E-state index in [-0.39, 0.29) is 0 Å². The summed E-state index contributed by atoms with van der Waals surface area (Å²) in [7, 11) is 1.68. The molecule has 0 unspecified atom stereocenters. The Balaban J connectivity index is 2.00. The minimum atomic E-state index is 0.868. The monoisotopic (exact) mass is 229 g/mol. The zero-order valence-electron chi connectivity index (χ0n) is 9.81. The lowest BCUT2D eigenvalue weighted by Gasteiger charge is -2.15. The first-order valence-electron chi connectivity index (χ1n) is 5.83. The average Bonchev–Trinajstić information content (AvgIpc) is 2.83. The van der Waals surface area contributed by atoms with Gasteiger partial charge in [0, 0.05) is 6.54 Å². The van der Waals surface area contributed by atoms with Crippen molar-refractivity contribution in [2.75, 3.05) is 19.0 Å². The number of nitrogens with one attached hydrogen (secondary N) is 1. The normalized spacial score (nSPS) is 13.9. The number of nitrogens with zero attached hydrogens (tertiary/aromatic N) is 2. The second-order valence-electron chi connectivity index (χ2n) is 4.15. The van der Waals surface area contributed by atoms with Crippen LogP contribution in [0.15, 0.2) is 30.5 Å². The molecule has 1 aromatic carbocycles. The van der Waals surface area contributed by atoms with Gasteiger partial charge in [0.15, 0.2) is 0 Å². The first kappa shape index (κ1) is 10.2. The largest absolute Gasteiger partial charge is 0.497 e. The Kier molecular flexibility index (Phi) is 2.48. The summed E-state index contributed by atoms with van der Waals surface area (Å²) in [6, 6.07) is 7.97. The van der Waals surface area contributed by atoms with E-state index < -0.39 is 0 Å². The van der Waals surface area contributed by atoms with Crippen LogP contribution < -0.4 is 10.1 Å². The van der Waals surface area contributed by atoms with Crippen molar-refractivity contribution in [3.63, 3.8) is 0 Å². The summed E-state index contributed by atoms with van der Waals surface area (Å²) >= 11 is 0. The van der Waals surface area contributed by atoms with Crippen LogP contribution in [0.5, 0.6) is 5.75 Å². The lowest BCUT2D eigenvalue weighted by atomic mass is 10.1. The van der Waals surface area contributed by atoms with Crippen LogP contribution in [-0.2, 0) is 6.42 Å². The number of anilines is 1. The number of hydrogen-bond acceptors (Lipinski definition) is 3. The molecule has 0 aliphatic carbocycles. The highest BCUT2D eigenvalue weighted by Gasteiger charge is 2.15. The summed E-state index contributed by atoms with van der Waals surface area (Å²) in [5.74, 6) is 0.868. The van der Waals surface area contributed by atoms with Crippen molar-refractivity contribution >= 4 is 5.69 Å². The van der Waals surface area contributed by atoms with Gasteiger partial charge < -0.3 is 10.1 Å². The molecule has 1 N–H and O–H groups in total. The van der Waals surface area contributed by atoms with Crippen LogP contribution in [0.1, 0.15) is 12.1 Å². The van der Waals surface area contributed by atoms with E-state index >= 15 is 0 Å². The van der Waals surface area contributed by atoms with Gasteiger partial charge in [0.2, 0.25) is 0 Å². The molecule has 88 valence electrons. The fraction of sp³-hybridized carbons (Fsp3) is 0.308. The van der Waals surface area contributed by atoms with E-state index in [9.17, 15) is 0 Å². The predicted molar refractivity (Wildman–Crippen MR) is 66.9 cm³/mol. The zero-order valence-corrected chi connectivity index (χ0v) is 9.81. The van der Waals surface area contributed by atoms with Gasteiger partial charge in [0.1, 0.15) is 5.75 Å². The SMILES string of the molecule is COc1ccc(-n2ncc3c2CCCN3)cc1. The number of ether oxygens (including phenoxy) is 1. The molecule has 0 atom stereocenters. The molecular formula is C13H15N3O. The van der Waals surface area contributed by atoms with Gasteiger partial charge in [0.05, 0.1) is 30.4 Å². The topological polar surface area (TPSA) is 39.1 Å². The molecule has 4 nitrogen and oxygen atoms in total. The first-order chi connectivity index (χ1) is 8.38. The third kappa shape index (κ3) is 1.75. The number of methoxy groups -OCH3 is 1. The Morgan fingerprint density at radius 2 is 2.12 bits per heavy atom. The van der Waals surface area contributed by atoms with Crippen molar-refractivity contribution in [3.8, 4) is 11.4 Å². The van der Waals surface area contributed by atoms with E-state index in [2.05, 4.69) is 10.4 Å². The highest BCUT2D eigenvalue weighted by atomic mass is 16.5. The van der Waals surface area contributed by atoms with Crippen molar-refractivity contribution in [2.24, 2.45) is 0 Å². The molecule has 0 fully saturated rings. The average molecular weight is 229 g/mol. The van der Waals surface area contributed by atoms with Crippen LogP contribution in [0, 0.1) is 0 Å². The summed E-state index contributed by atoms with van der Waals surface area (Å²) in [5, 5.41) is 7.80. The molecule has 2 heterocycles. The number of benzene rings is 1. The minimum Gasteiger partial charge on any atom is -0.497 e. The van der Waals surface area contributed by atoms with Gasteiger partial charge in [0.25, 0.3) is 0 Å². The standard InChI is InChI=1S/C13H15N3O/c1-17-11-6-4-10(5-7-11)16-13-3-2-8-14-12(13)9-15-16/h4-7,9,14H,2-3,8H2,1H3. The van der Waals surface area contributed by atoms with E-state index in [1.807, 2.05) is 35.1 Å². The molecule has 3 rings (SSSR count). The molecule has 0 spiro atoms. The molecular weight excluding hydrogens is 214 g/mol. The van der Waals surface area contributed by atoms with E-state index in [0.29, 0.717) is 0 Å². The van der Waals surface area contributed by atoms with Crippen LogP contribution in [0.3, 0.4) is 0 Å². The van der Waals surface area contributed by atoms with Gasteiger partial charge in [-0.25, -0.2) is 4.68 Å². The van der Waals surface area contributed by atoms with Crippen LogP contribution in [0.25, 0.3) is 5.69 Å². The molecule has 17 heavy (non-hydrogen) atoms. The van der Waals surface area contributed by atoms with Crippen molar-refractivity contribution < 1.29 is 4.74 Å². The zero-order chi connectivity index (χ0) is 11.7. The van der Waals surface area contributed by atoms with Gasteiger partial charge in [-0.15, -0.1) is 0 Å². The highest BCUT2D eigenvalue weighted by molar-refractivity contribution is 5.52. The molecule has 0 saturated carbocycles. The third-order valence-electron chi connectivity index (χ3n) is 3.09. The lowest BCUT2D eigenvalue weighted by molar-refractivity contribution is 0.414. The summed E-state index contributed by atoms with van der Waals surface area (Å²) in [6.07, 6.45) is 4.14. The van der Waals surface area contributed by atoms with E-state index in [1.54, 1.807) is 7.11 Å². The Hall–Kier alpha value is -1.97. The van der Waals surface area contributed by atoms with E-state index in [1.165, 1.54) is 5.69 Å². The maximum absolute atomic E-state index is 5.16. The minimum absolute atomic E-state index is 0.868. The maximum Gasteiger partial charge on any atom is 0.119 e. The predicted octanol–water partition coefficient (Wildman–Crippen LogP) is 2.24. The fourth-order valence-corrected chi connectivity index (χ4v) is 2.19. The van der Waals surface area contributed by atoms with E-state index in [4.69, 9.17) is 4.74 Å². The van der Waals surface area contributed by atoms with Crippen molar-refractivity contribution in [2.45, 2.75) is 12.8 Å². The van der Waals surface area contributed by atoms with Crippen LogP contribution in [0.2, 0.25) is 0 Å². The third-order valence-corrected chi connectivity index (χ3v) is 3.09. The van der Waals surface area contributed by atoms with Crippen molar-refractivity contribution in [3.05, 3.63) is 36.2 Å². The lowest BCUT2D eigenvalue weighted by Crippen LogP contribution is -2.13. The van der Waals surface area contributed by atoms with Gasteiger partial charge in [-0.2, -0.15) is 5.10 Å². The Morgan fingerprint density at radius 1 is 1.29 bits per heavy atom. The van der Waals surface area contributed by atoms with Crippen molar-refractivity contribution in [1.29, 1.82) is 0 Å². The Morgan fingerprint density at radius 3 is 2.88 bits per heavy atom. The Labute approximate surface area is 100 Å². The molecule has 1 aliphatic heterocycles. The van der Waals surface area contributed by atoms with Crippen LogP contribution >= 0.6 is 0 Å². The van der Waals surface area contributed by atoms with Gasteiger partial charge in [-0.05, 0) is 37.1 Å². The summed E-state index contributed by atoms with van der Waals surface area (Å²) in [6.45, 7) is 1.04. The quantitative estimate of drug-likeness (QED) is 0.858. The van der Waals surface area contributed by atoms with Crippen molar-refractivity contribution in [1.82, 2.24) is 9.78 Å². The molecule has 0 amide bonds. The molecule has 2 aromatic rings. The van der Waals surface area contributed by atoms with Crippen LogP contribution in [0.4, 0.5) is 5.69 Å². The molecule has 1 aliphatic rings.